The number of hydrogen-bond acceptors (Lipinski definition) is 5. The Morgan fingerprint density at radius 2 is 1.91 bits per heavy atom. The first-order valence-corrected chi connectivity index (χ1v) is 7.93. The molecule has 0 aliphatic heterocycles. The first-order valence-electron chi connectivity index (χ1n) is 7.93. The lowest BCUT2D eigenvalue weighted by Crippen LogP contribution is -2.21. The molecule has 0 heterocycles. The summed E-state index contributed by atoms with van der Waals surface area (Å²) in [7, 11) is 3.27. The second-order valence-corrected chi connectivity index (χ2v) is 5.31. The average Bonchev–Trinajstić information content (AvgIpc) is 2.59. The number of ether oxygens (including phenoxy) is 2. The Hall–Kier alpha value is -2.30. The van der Waals surface area contributed by atoms with E-state index in [2.05, 4.69) is 19.2 Å². The second-order valence-electron chi connectivity index (χ2n) is 5.31. The molecule has 0 aromatic heterocycles. The van der Waals surface area contributed by atoms with Gasteiger partial charge in [0.15, 0.2) is 0 Å². The van der Waals surface area contributed by atoms with Gasteiger partial charge in [-0.25, -0.2) is 0 Å². The Labute approximate surface area is 139 Å². The molecule has 0 saturated carbocycles. The highest BCUT2D eigenvalue weighted by molar-refractivity contribution is 5.41. The molecule has 23 heavy (non-hydrogen) atoms. The third-order valence-electron chi connectivity index (χ3n) is 3.95. The maximum atomic E-state index is 6.08. The minimum Gasteiger partial charge on any atom is -0.497 e. The number of nitrogens with one attached hydrogen (secondary N) is 1. The predicted octanol–water partition coefficient (Wildman–Crippen LogP) is 2.87. The molecule has 0 bridgehead atoms. The number of hydrogen-bond donors (Lipinski definition) is 3. The molecule has 1 rings (SSSR count). The van der Waals surface area contributed by atoms with E-state index >= 15 is 0 Å². The van der Waals surface area contributed by atoms with Gasteiger partial charge in [0.2, 0.25) is 0 Å². The highest BCUT2D eigenvalue weighted by atomic mass is 16.5. The van der Waals surface area contributed by atoms with Gasteiger partial charge in [0.1, 0.15) is 11.5 Å². The van der Waals surface area contributed by atoms with E-state index in [1.54, 1.807) is 20.4 Å². The zero-order chi connectivity index (χ0) is 17.2. The zero-order valence-corrected chi connectivity index (χ0v) is 14.6. The van der Waals surface area contributed by atoms with Gasteiger partial charge in [0.25, 0.3) is 0 Å². The van der Waals surface area contributed by atoms with Crippen molar-refractivity contribution in [2.45, 2.75) is 33.2 Å². The topological polar surface area (TPSA) is 82.5 Å². The first kappa shape index (κ1) is 18.7. The molecular weight excluding hydrogens is 290 g/mol. The van der Waals surface area contributed by atoms with Crippen LogP contribution < -0.4 is 26.3 Å². The van der Waals surface area contributed by atoms with Crippen LogP contribution in [0, 0.1) is 5.92 Å². The monoisotopic (exact) mass is 319 g/mol. The van der Waals surface area contributed by atoms with Crippen LogP contribution in [0.2, 0.25) is 0 Å². The van der Waals surface area contributed by atoms with Crippen molar-refractivity contribution < 1.29 is 9.47 Å². The lowest BCUT2D eigenvalue weighted by atomic mass is 9.94. The van der Waals surface area contributed by atoms with E-state index < -0.39 is 0 Å². The quantitative estimate of drug-likeness (QED) is 0.610. The van der Waals surface area contributed by atoms with Gasteiger partial charge in [-0.3, -0.25) is 0 Å². The zero-order valence-electron chi connectivity index (χ0n) is 14.6. The fourth-order valence-corrected chi connectivity index (χ4v) is 2.49. The second kappa shape index (κ2) is 9.66. The van der Waals surface area contributed by atoms with Crippen molar-refractivity contribution in [1.82, 2.24) is 5.32 Å². The SMILES string of the molecule is CCC(CC)C(=C/N)/C=C(\N)NCc1ccc(OC)cc1OC. The summed E-state index contributed by atoms with van der Waals surface area (Å²) in [6.07, 6.45) is 5.62. The van der Waals surface area contributed by atoms with Gasteiger partial charge < -0.3 is 26.3 Å². The van der Waals surface area contributed by atoms with Crippen molar-refractivity contribution in [2.24, 2.45) is 17.4 Å². The van der Waals surface area contributed by atoms with Crippen LogP contribution in [0.3, 0.4) is 0 Å². The third kappa shape index (κ3) is 5.43. The lowest BCUT2D eigenvalue weighted by molar-refractivity contribution is 0.390. The maximum Gasteiger partial charge on any atom is 0.127 e. The van der Waals surface area contributed by atoms with E-state index in [1.165, 1.54) is 0 Å². The van der Waals surface area contributed by atoms with E-state index in [4.69, 9.17) is 20.9 Å². The van der Waals surface area contributed by atoms with Gasteiger partial charge in [0, 0.05) is 18.2 Å². The van der Waals surface area contributed by atoms with Crippen molar-refractivity contribution in [1.29, 1.82) is 0 Å². The van der Waals surface area contributed by atoms with E-state index in [-0.39, 0.29) is 0 Å². The molecule has 0 saturated heterocycles. The van der Waals surface area contributed by atoms with Crippen LogP contribution in [0.5, 0.6) is 11.5 Å². The van der Waals surface area contributed by atoms with E-state index in [0.29, 0.717) is 18.3 Å². The average molecular weight is 319 g/mol. The normalized spacial score (nSPS) is 12.4. The lowest BCUT2D eigenvalue weighted by Gasteiger charge is -2.16. The van der Waals surface area contributed by atoms with Gasteiger partial charge >= 0.3 is 0 Å². The van der Waals surface area contributed by atoms with Crippen LogP contribution in [-0.2, 0) is 6.54 Å². The Morgan fingerprint density at radius 1 is 1.22 bits per heavy atom. The molecule has 5 heteroatoms. The van der Waals surface area contributed by atoms with Gasteiger partial charge in [0.05, 0.1) is 20.0 Å². The van der Waals surface area contributed by atoms with Gasteiger partial charge in [-0.1, -0.05) is 13.8 Å². The molecular formula is C18H29N3O2. The van der Waals surface area contributed by atoms with E-state index in [0.717, 1.165) is 35.5 Å². The molecule has 0 aliphatic carbocycles. The summed E-state index contributed by atoms with van der Waals surface area (Å²) >= 11 is 0. The van der Waals surface area contributed by atoms with Crippen LogP contribution in [0.4, 0.5) is 0 Å². The minimum absolute atomic E-state index is 0.427. The standard InChI is InChI=1S/C18H29N3O2/c1-5-13(6-2)15(11-19)9-18(20)21-12-14-7-8-16(22-3)10-17(14)23-4/h7-11,13,21H,5-6,12,19-20H2,1-4H3/b15-11+,18-9+. The molecule has 0 unspecified atom stereocenters. The van der Waals surface area contributed by atoms with E-state index in [1.807, 2.05) is 24.3 Å². The highest BCUT2D eigenvalue weighted by Crippen LogP contribution is 2.24. The van der Waals surface area contributed by atoms with Gasteiger partial charge in [-0.15, -0.1) is 0 Å². The molecule has 0 amide bonds. The highest BCUT2D eigenvalue weighted by Gasteiger charge is 2.09. The molecule has 0 atom stereocenters. The maximum absolute atomic E-state index is 6.08. The van der Waals surface area contributed by atoms with Gasteiger partial charge in [-0.05, 0) is 48.7 Å². The summed E-state index contributed by atoms with van der Waals surface area (Å²) < 4.78 is 10.6. The molecule has 1 aromatic carbocycles. The summed E-state index contributed by atoms with van der Waals surface area (Å²) in [5.41, 5.74) is 13.9. The van der Waals surface area contributed by atoms with Crippen molar-refractivity contribution in [2.75, 3.05) is 14.2 Å². The fourth-order valence-electron chi connectivity index (χ4n) is 2.49. The first-order chi connectivity index (χ1) is 11.1. The summed E-state index contributed by atoms with van der Waals surface area (Å²) in [4.78, 5) is 0. The molecule has 5 N–H and O–H groups in total. The van der Waals surface area contributed by atoms with Crippen LogP contribution in [-0.4, -0.2) is 14.2 Å². The molecule has 0 spiro atoms. The van der Waals surface area contributed by atoms with Crippen LogP contribution in [0.1, 0.15) is 32.3 Å². The van der Waals surface area contributed by atoms with Crippen molar-refractivity contribution >= 4 is 0 Å². The summed E-state index contributed by atoms with van der Waals surface area (Å²) in [6.45, 7) is 4.87. The van der Waals surface area contributed by atoms with Crippen LogP contribution >= 0.6 is 0 Å². The third-order valence-corrected chi connectivity index (χ3v) is 3.95. The molecule has 0 aliphatic rings. The van der Waals surface area contributed by atoms with Crippen molar-refractivity contribution in [3.63, 3.8) is 0 Å². The van der Waals surface area contributed by atoms with Crippen molar-refractivity contribution in [3.8, 4) is 11.5 Å². The predicted molar refractivity (Wildman–Crippen MR) is 95.0 cm³/mol. The smallest absolute Gasteiger partial charge is 0.127 e. The van der Waals surface area contributed by atoms with Crippen LogP contribution in [0.25, 0.3) is 0 Å². The molecule has 5 nitrogen and oxygen atoms in total. The Bertz CT molecular complexity index is 549. The number of benzene rings is 1. The Kier molecular flexibility index (Phi) is 7.88. The summed E-state index contributed by atoms with van der Waals surface area (Å²) in [6, 6.07) is 5.71. The number of allylic oxidation sites excluding steroid dienone is 2. The Morgan fingerprint density at radius 3 is 2.43 bits per heavy atom. The Balaban J connectivity index is 2.79. The summed E-state index contributed by atoms with van der Waals surface area (Å²) in [5, 5.41) is 3.20. The van der Waals surface area contributed by atoms with Crippen LogP contribution in [0.15, 0.2) is 41.9 Å². The van der Waals surface area contributed by atoms with Gasteiger partial charge in [-0.2, -0.15) is 0 Å². The number of rotatable bonds is 9. The molecule has 128 valence electrons. The summed E-state index contributed by atoms with van der Waals surface area (Å²) in [5.74, 6) is 2.54. The fraction of sp³-hybridized carbons (Fsp3) is 0.444. The number of nitrogens with two attached hydrogens (primary N) is 2. The molecule has 0 fully saturated rings. The largest absolute Gasteiger partial charge is 0.497 e. The number of methoxy groups -OCH3 is 2. The van der Waals surface area contributed by atoms with Crippen molar-refractivity contribution in [3.05, 3.63) is 47.4 Å². The van der Waals surface area contributed by atoms with E-state index in [9.17, 15) is 0 Å². The minimum atomic E-state index is 0.427. The molecule has 0 radical (unpaired) electrons. The molecule has 1 aromatic rings.